The van der Waals surface area contributed by atoms with Crippen LogP contribution in [0.3, 0.4) is 0 Å². The van der Waals surface area contributed by atoms with Gasteiger partial charge in [0, 0.05) is 19.7 Å². The number of hydrogen-bond acceptors (Lipinski definition) is 4. The highest BCUT2D eigenvalue weighted by molar-refractivity contribution is 5.85. The van der Waals surface area contributed by atoms with Crippen molar-refractivity contribution in [3.8, 4) is 0 Å². The topological polar surface area (TPSA) is 52.0 Å². The number of methoxy groups -OCH3 is 1. The van der Waals surface area contributed by atoms with Gasteiger partial charge in [-0.3, -0.25) is 0 Å². The summed E-state index contributed by atoms with van der Waals surface area (Å²) in [7, 11) is 1.67. The maximum atomic E-state index is 5.06. The fraction of sp³-hybridized carbons (Fsp3) is 0.750. The van der Waals surface area contributed by atoms with E-state index >= 15 is 0 Å². The summed E-state index contributed by atoms with van der Waals surface area (Å²) in [6, 6.07) is 0.420. The minimum atomic E-state index is 0. The van der Waals surface area contributed by atoms with Gasteiger partial charge >= 0.3 is 0 Å². The summed E-state index contributed by atoms with van der Waals surface area (Å²) in [4.78, 5) is 0. The molecule has 0 amide bonds. The van der Waals surface area contributed by atoms with E-state index in [2.05, 4.69) is 27.0 Å². The van der Waals surface area contributed by atoms with Gasteiger partial charge in [0.15, 0.2) is 5.82 Å². The molecule has 1 aromatic rings. The Balaban J connectivity index is 0.000000980. The van der Waals surface area contributed by atoms with Crippen molar-refractivity contribution in [1.82, 2.24) is 20.1 Å². The molecule has 2 rings (SSSR count). The van der Waals surface area contributed by atoms with Gasteiger partial charge in [0.2, 0.25) is 0 Å². The predicted octanol–water partition coefficient (Wildman–Crippen LogP) is 0.510. The molecule has 0 saturated carbocycles. The van der Waals surface area contributed by atoms with Gasteiger partial charge in [0.25, 0.3) is 0 Å². The van der Waals surface area contributed by atoms with Crippen molar-refractivity contribution in [2.75, 3.05) is 13.7 Å². The van der Waals surface area contributed by atoms with Crippen molar-refractivity contribution >= 4 is 12.4 Å². The quantitative estimate of drug-likeness (QED) is 0.786. The molecule has 0 spiro atoms. The van der Waals surface area contributed by atoms with Crippen LogP contribution in [-0.4, -0.2) is 28.4 Å². The van der Waals surface area contributed by atoms with Gasteiger partial charge in [-0.05, 0) is 6.92 Å². The van der Waals surface area contributed by atoms with E-state index in [-0.39, 0.29) is 12.4 Å². The minimum absolute atomic E-state index is 0. The van der Waals surface area contributed by atoms with Crippen molar-refractivity contribution in [2.45, 2.75) is 26.1 Å². The highest BCUT2D eigenvalue weighted by Crippen LogP contribution is 2.15. The summed E-state index contributed by atoms with van der Waals surface area (Å²) < 4.78 is 7.21. The van der Waals surface area contributed by atoms with Crippen LogP contribution >= 0.6 is 12.4 Å². The molecule has 0 unspecified atom stereocenters. The fourth-order valence-electron chi connectivity index (χ4n) is 1.70. The lowest BCUT2D eigenvalue weighted by molar-refractivity contribution is 0.171. The standard InChI is InChI=1S/C8H14N4O.ClH/c1-6-3-9-4-7-10-11-8(5-13-2)12(6)7;/h6,9H,3-5H2,1-2H3;1H/t6-;/m0./s1. The summed E-state index contributed by atoms with van der Waals surface area (Å²) >= 11 is 0. The molecular formula is C8H15ClN4O. The molecule has 80 valence electrons. The molecule has 1 atom stereocenters. The maximum Gasteiger partial charge on any atom is 0.159 e. The summed E-state index contributed by atoms with van der Waals surface area (Å²) in [5.74, 6) is 1.93. The van der Waals surface area contributed by atoms with Crippen LogP contribution in [-0.2, 0) is 17.9 Å². The van der Waals surface area contributed by atoms with Crippen LogP contribution in [0.2, 0.25) is 0 Å². The Morgan fingerprint density at radius 1 is 1.57 bits per heavy atom. The summed E-state index contributed by atoms with van der Waals surface area (Å²) in [6.45, 7) is 4.47. The average molecular weight is 219 g/mol. The Hall–Kier alpha value is -0.650. The molecule has 5 nitrogen and oxygen atoms in total. The van der Waals surface area contributed by atoms with E-state index in [0.29, 0.717) is 12.6 Å². The Bertz CT molecular complexity index is 302. The highest BCUT2D eigenvalue weighted by atomic mass is 35.5. The number of halogens is 1. The van der Waals surface area contributed by atoms with Crippen molar-refractivity contribution in [3.63, 3.8) is 0 Å². The van der Waals surface area contributed by atoms with Gasteiger partial charge < -0.3 is 14.6 Å². The lowest BCUT2D eigenvalue weighted by atomic mass is 10.2. The summed E-state index contributed by atoms with van der Waals surface area (Å²) in [6.07, 6.45) is 0. The molecular weight excluding hydrogens is 204 g/mol. The molecule has 1 aliphatic heterocycles. The van der Waals surface area contributed by atoms with Gasteiger partial charge in [0.1, 0.15) is 12.4 Å². The van der Waals surface area contributed by atoms with Crippen molar-refractivity contribution in [1.29, 1.82) is 0 Å². The van der Waals surface area contributed by atoms with Crippen LogP contribution in [0.15, 0.2) is 0 Å². The number of nitrogens with one attached hydrogen (secondary N) is 1. The Labute approximate surface area is 89.3 Å². The van der Waals surface area contributed by atoms with E-state index in [1.165, 1.54) is 0 Å². The van der Waals surface area contributed by atoms with E-state index in [1.807, 2.05) is 0 Å². The number of ether oxygens (including phenoxy) is 1. The molecule has 1 aromatic heterocycles. The Kier molecular flexibility index (Phi) is 3.86. The van der Waals surface area contributed by atoms with Crippen molar-refractivity contribution in [2.24, 2.45) is 0 Å². The van der Waals surface area contributed by atoms with Crippen LogP contribution in [0.1, 0.15) is 24.6 Å². The first-order chi connectivity index (χ1) is 6.33. The second-order valence-corrected chi connectivity index (χ2v) is 3.32. The number of aromatic nitrogens is 3. The zero-order chi connectivity index (χ0) is 9.26. The molecule has 6 heteroatoms. The Morgan fingerprint density at radius 2 is 2.36 bits per heavy atom. The third-order valence-corrected chi connectivity index (χ3v) is 2.27. The maximum absolute atomic E-state index is 5.06. The molecule has 14 heavy (non-hydrogen) atoms. The molecule has 0 bridgehead atoms. The van der Waals surface area contributed by atoms with Gasteiger partial charge in [-0.25, -0.2) is 0 Å². The number of rotatable bonds is 2. The smallest absolute Gasteiger partial charge is 0.159 e. The first-order valence-corrected chi connectivity index (χ1v) is 4.45. The molecule has 0 aromatic carbocycles. The molecule has 1 N–H and O–H groups in total. The highest BCUT2D eigenvalue weighted by Gasteiger charge is 2.20. The lowest BCUT2D eigenvalue weighted by Crippen LogP contribution is -2.32. The number of fused-ring (bicyclic) bond motifs is 1. The fourth-order valence-corrected chi connectivity index (χ4v) is 1.70. The van der Waals surface area contributed by atoms with Crippen molar-refractivity contribution in [3.05, 3.63) is 11.6 Å². The normalized spacial score (nSPS) is 20.0. The van der Waals surface area contributed by atoms with Gasteiger partial charge in [-0.2, -0.15) is 0 Å². The Morgan fingerprint density at radius 3 is 3.07 bits per heavy atom. The predicted molar refractivity (Wildman–Crippen MR) is 54.4 cm³/mol. The minimum Gasteiger partial charge on any atom is -0.377 e. The first kappa shape index (κ1) is 11.4. The zero-order valence-corrected chi connectivity index (χ0v) is 9.17. The molecule has 0 saturated heterocycles. The average Bonchev–Trinajstić information content (AvgIpc) is 2.51. The first-order valence-electron chi connectivity index (χ1n) is 4.45. The van der Waals surface area contributed by atoms with Crippen LogP contribution in [0.25, 0.3) is 0 Å². The number of nitrogens with zero attached hydrogens (tertiary/aromatic N) is 3. The van der Waals surface area contributed by atoms with E-state index in [9.17, 15) is 0 Å². The third-order valence-electron chi connectivity index (χ3n) is 2.27. The summed E-state index contributed by atoms with van der Waals surface area (Å²) in [5, 5.41) is 11.5. The molecule has 2 heterocycles. The van der Waals surface area contributed by atoms with E-state index in [1.54, 1.807) is 7.11 Å². The molecule has 1 aliphatic rings. The van der Waals surface area contributed by atoms with Crippen LogP contribution in [0, 0.1) is 0 Å². The monoisotopic (exact) mass is 218 g/mol. The molecule has 0 aliphatic carbocycles. The second kappa shape index (κ2) is 4.72. The van der Waals surface area contributed by atoms with E-state index in [4.69, 9.17) is 4.74 Å². The number of hydrogen-bond donors (Lipinski definition) is 1. The SMILES string of the molecule is COCc1nnc2n1[C@@H](C)CNC2.Cl. The van der Waals surface area contributed by atoms with Gasteiger partial charge in [-0.15, -0.1) is 22.6 Å². The second-order valence-electron chi connectivity index (χ2n) is 3.32. The van der Waals surface area contributed by atoms with Crippen LogP contribution in [0.5, 0.6) is 0 Å². The van der Waals surface area contributed by atoms with E-state index in [0.717, 1.165) is 24.7 Å². The van der Waals surface area contributed by atoms with Gasteiger partial charge in [0.05, 0.1) is 6.54 Å². The third kappa shape index (κ3) is 1.89. The lowest BCUT2D eigenvalue weighted by Gasteiger charge is -2.23. The van der Waals surface area contributed by atoms with Crippen LogP contribution < -0.4 is 5.32 Å². The largest absolute Gasteiger partial charge is 0.377 e. The van der Waals surface area contributed by atoms with Gasteiger partial charge in [-0.1, -0.05) is 0 Å². The molecule has 0 fully saturated rings. The van der Waals surface area contributed by atoms with Crippen molar-refractivity contribution < 1.29 is 4.74 Å². The zero-order valence-electron chi connectivity index (χ0n) is 8.36. The molecule has 0 radical (unpaired) electrons. The summed E-state index contributed by atoms with van der Waals surface area (Å²) in [5.41, 5.74) is 0. The van der Waals surface area contributed by atoms with Crippen LogP contribution in [0.4, 0.5) is 0 Å². The van der Waals surface area contributed by atoms with E-state index < -0.39 is 0 Å².